The molecule has 29 heavy (non-hydrogen) atoms. The van der Waals surface area contributed by atoms with Gasteiger partial charge in [0.25, 0.3) is 0 Å². The molecule has 1 atom stereocenters. The quantitative estimate of drug-likeness (QED) is 0.739. The van der Waals surface area contributed by atoms with Crippen LogP contribution in [0.5, 0.6) is 11.5 Å². The normalized spacial score (nSPS) is 19.0. The Morgan fingerprint density at radius 2 is 1.83 bits per heavy atom. The maximum Gasteiger partial charge on any atom is 0.124 e. The molecule has 4 rings (SSSR count). The molecule has 5 nitrogen and oxygen atoms in total. The van der Waals surface area contributed by atoms with E-state index in [1.165, 1.54) is 16.7 Å². The number of morpholine rings is 1. The summed E-state index contributed by atoms with van der Waals surface area (Å²) in [4.78, 5) is 2.47. The van der Waals surface area contributed by atoms with E-state index in [2.05, 4.69) is 53.5 Å². The third-order valence-electron chi connectivity index (χ3n) is 5.63. The van der Waals surface area contributed by atoms with Gasteiger partial charge in [-0.1, -0.05) is 24.3 Å². The van der Waals surface area contributed by atoms with Gasteiger partial charge in [0.15, 0.2) is 0 Å². The lowest BCUT2D eigenvalue weighted by Crippen LogP contribution is -2.36. The zero-order chi connectivity index (χ0) is 20.1. The molecular formula is C24H32N2O3. The molecule has 1 N–H and O–H groups in total. The zero-order valence-corrected chi connectivity index (χ0v) is 17.6. The largest absolute Gasteiger partial charge is 0.494 e. The van der Waals surface area contributed by atoms with Gasteiger partial charge in [0.1, 0.15) is 17.6 Å². The first-order chi connectivity index (χ1) is 14.2. The van der Waals surface area contributed by atoms with Crippen molar-refractivity contribution in [3.8, 4) is 11.5 Å². The van der Waals surface area contributed by atoms with Gasteiger partial charge in [-0.2, -0.15) is 0 Å². The Balaban J connectivity index is 1.41. The predicted octanol–water partition coefficient (Wildman–Crippen LogP) is 3.53. The highest BCUT2D eigenvalue weighted by molar-refractivity contribution is 5.48. The van der Waals surface area contributed by atoms with Crippen LogP contribution in [-0.4, -0.2) is 43.9 Å². The van der Waals surface area contributed by atoms with Gasteiger partial charge < -0.3 is 19.5 Å². The second-order valence-corrected chi connectivity index (χ2v) is 7.89. The monoisotopic (exact) mass is 396 g/mol. The van der Waals surface area contributed by atoms with Crippen LogP contribution < -0.4 is 14.8 Å². The van der Waals surface area contributed by atoms with Crippen molar-refractivity contribution in [3.63, 3.8) is 0 Å². The van der Waals surface area contributed by atoms with E-state index in [1.54, 1.807) is 0 Å². The Kier molecular flexibility index (Phi) is 6.70. The smallest absolute Gasteiger partial charge is 0.124 e. The molecule has 0 aromatic heterocycles. The molecule has 0 aliphatic carbocycles. The lowest BCUT2D eigenvalue weighted by atomic mass is 10.1. The average Bonchev–Trinajstić information content (AvgIpc) is 3.09. The molecule has 0 amide bonds. The Hall–Kier alpha value is -2.08. The van der Waals surface area contributed by atoms with Crippen molar-refractivity contribution < 1.29 is 14.2 Å². The van der Waals surface area contributed by atoms with E-state index in [9.17, 15) is 0 Å². The molecule has 5 heteroatoms. The molecule has 2 aromatic rings. The van der Waals surface area contributed by atoms with Crippen LogP contribution in [-0.2, 0) is 30.8 Å². The number of hydrogen-bond acceptors (Lipinski definition) is 5. The maximum atomic E-state index is 5.95. The predicted molar refractivity (Wildman–Crippen MR) is 114 cm³/mol. The highest BCUT2D eigenvalue weighted by Gasteiger charge is 2.21. The number of benzene rings is 2. The number of fused-ring (bicyclic) bond motifs is 1. The lowest BCUT2D eigenvalue weighted by molar-refractivity contribution is 0.0340. The summed E-state index contributed by atoms with van der Waals surface area (Å²) in [6.45, 7) is 11.1. The summed E-state index contributed by atoms with van der Waals surface area (Å²) in [7, 11) is 0. The minimum Gasteiger partial charge on any atom is -0.494 e. The Morgan fingerprint density at radius 1 is 1.07 bits per heavy atom. The number of hydrogen-bond donors (Lipinski definition) is 1. The standard InChI is InChI=1S/C24H32N2O3/c1-3-28-23-13-21-12-18(2)29-24(21)14-22(23)16-25-15-19-6-4-5-7-20(19)17-26-8-10-27-11-9-26/h4-7,13-14,18,25H,3,8-12,15-17H2,1-2H3. The fraction of sp³-hybridized carbons (Fsp3) is 0.500. The summed E-state index contributed by atoms with van der Waals surface area (Å²) in [6.07, 6.45) is 1.20. The van der Waals surface area contributed by atoms with Gasteiger partial charge >= 0.3 is 0 Å². The molecule has 2 heterocycles. The van der Waals surface area contributed by atoms with Crippen LogP contribution >= 0.6 is 0 Å². The summed E-state index contributed by atoms with van der Waals surface area (Å²) in [5.41, 5.74) is 5.15. The fourth-order valence-corrected chi connectivity index (χ4v) is 4.13. The van der Waals surface area contributed by atoms with Gasteiger partial charge in [-0.05, 0) is 37.1 Å². The highest BCUT2D eigenvalue weighted by Crippen LogP contribution is 2.35. The Morgan fingerprint density at radius 3 is 2.62 bits per heavy atom. The van der Waals surface area contributed by atoms with Gasteiger partial charge in [-0.25, -0.2) is 0 Å². The van der Waals surface area contributed by atoms with Crippen LogP contribution in [0.1, 0.15) is 36.1 Å². The zero-order valence-electron chi connectivity index (χ0n) is 17.6. The van der Waals surface area contributed by atoms with Crippen LogP contribution in [0.15, 0.2) is 36.4 Å². The van der Waals surface area contributed by atoms with Gasteiger partial charge in [-0.15, -0.1) is 0 Å². The van der Waals surface area contributed by atoms with Crippen LogP contribution in [0.25, 0.3) is 0 Å². The summed E-state index contributed by atoms with van der Waals surface area (Å²) >= 11 is 0. The topological polar surface area (TPSA) is 43.0 Å². The fourth-order valence-electron chi connectivity index (χ4n) is 4.13. The molecule has 0 bridgehead atoms. The van der Waals surface area contributed by atoms with E-state index in [4.69, 9.17) is 14.2 Å². The number of rotatable bonds is 8. The van der Waals surface area contributed by atoms with Crippen molar-refractivity contribution in [2.75, 3.05) is 32.9 Å². The summed E-state index contributed by atoms with van der Waals surface area (Å²) in [6, 6.07) is 13.0. The molecule has 156 valence electrons. The lowest BCUT2D eigenvalue weighted by Gasteiger charge is -2.27. The third kappa shape index (κ3) is 5.10. The SMILES string of the molecule is CCOc1cc2c(cc1CNCc1ccccc1CN1CCOCC1)OC(C)C2. The van der Waals surface area contributed by atoms with Crippen molar-refractivity contribution in [3.05, 3.63) is 58.7 Å². The van der Waals surface area contributed by atoms with Crippen molar-refractivity contribution in [2.45, 2.75) is 46.0 Å². The summed E-state index contributed by atoms with van der Waals surface area (Å²) in [5, 5.41) is 3.62. The molecule has 1 saturated heterocycles. The molecule has 0 radical (unpaired) electrons. The Bertz CT molecular complexity index is 818. The van der Waals surface area contributed by atoms with Gasteiger partial charge in [0.05, 0.1) is 19.8 Å². The van der Waals surface area contributed by atoms with Crippen LogP contribution in [0.2, 0.25) is 0 Å². The Labute approximate surface area is 174 Å². The van der Waals surface area contributed by atoms with E-state index in [0.717, 1.165) is 69.4 Å². The van der Waals surface area contributed by atoms with E-state index in [1.807, 2.05) is 6.92 Å². The van der Waals surface area contributed by atoms with E-state index >= 15 is 0 Å². The van der Waals surface area contributed by atoms with Crippen molar-refractivity contribution in [1.82, 2.24) is 10.2 Å². The first-order valence-corrected chi connectivity index (χ1v) is 10.8. The molecule has 1 fully saturated rings. The average molecular weight is 397 g/mol. The molecule has 2 aliphatic rings. The second-order valence-electron chi connectivity index (χ2n) is 7.89. The molecule has 0 spiro atoms. The van der Waals surface area contributed by atoms with E-state index in [-0.39, 0.29) is 6.10 Å². The number of ether oxygens (including phenoxy) is 3. The molecule has 2 aromatic carbocycles. The second kappa shape index (κ2) is 9.61. The van der Waals surface area contributed by atoms with Gasteiger partial charge in [0, 0.05) is 50.3 Å². The summed E-state index contributed by atoms with van der Waals surface area (Å²) in [5.74, 6) is 1.98. The highest BCUT2D eigenvalue weighted by atomic mass is 16.5. The van der Waals surface area contributed by atoms with Crippen molar-refractivity contribution in [1.29, 1.82) is 0 Å². The first kappa shape index (κ1) is 20.2. The van der Waals surface area contributed by atoms with Crippen LogP contribution in [0, 0.1) is 0 Å². The maximum absolute atomic E-state index is 5.95. The van der Waals surface area contributed by atoms with Crippen LogP contribution in [0.4, 0.5) is 0 Å². The minimum absolute atomic E-state index is 0.245. The number of nitrogens with zero attached hydrogens (tertiary/aromatic N) is 1. The molecule has 1 unspecified atom stereocenters. The van der Waals surface area contributed by atoms with E-state index in [0.29, 0.717) is 6.61 Å². The third-order valence-corrected chi connectivity index (χ3v) is 5.63. The molecule has 2 aliphatic heterocycles. The van der Waals surface area contributed by atoms with Crippen LogP contribution in [0.3, 0.4) is 0 Å². The number of nitrogens with one attached hydrogen (secondary N) is 1. The van der Waals surface area contributed by atoms with Crippen molar-refractivity contribution in [2.24, 2.45) is 0 Å². The van der Waals surface area contributed by atoms with Crippen molar-refractivity contribution >= 4 is 0 Å². The molecule has 0 saturated carbocycles. The first-order valence-electron chi connectivity index (χ1n) is 10.8. The van der Waals surface area contributed by atoms with Gasteiger partial charge in [0.2, 0.25) is 0 Å². The molecular weight excluding hydrogens is 364 g/mol. The minimum atomic E-state index is 0.245. The van der Waals surface area contributed by atoms with Gasteiger partial charge in [-0.3, -0.25) is 4.90 Å². The summed E-state index contributed by atoms with van der Waals surface area (Å²) < 4.78 is 17.3. The van der Waals surface area contributed by atoms with E-state index < -0.39 is 0 Å².